The quantitative estimate of drug-likeness (QED) is 0.0729. The standard InChI is InChI=1S/C32H63NO3/c1-3-5-7-9-10-11-12-13-14-15-16-17-18-19-20-21-22-23-24-26-28-32(36)33-30(29-34)31(35)27-25-8-6-4-2/h25,27,30-31,34-35H,3-24,26,28-29H2,1-2H3,(H,33,36)/b27-25+. The van der Waals surface area contributed by atoms with E-state index in [0.29, 0.717) is 6.42 Å². The van der Waals surface area contributed by atoms with Crippen molar-refractivity contribution in [2.75, 3.05) is 6.61 Å². The molecule has 0 aliphatic carbocycles. The topological polar surface area (TPSA) is 69.6 Å². The van der Waals surface area contributed by atoms with Crippen LogP contribution < -0.4 is 5.32 Å². The molecule has 0 aromatic rings. The van der Waals surface area contributed by atoms with Crippen LogP contribution in [-0.2, 0) is 4.79 Å². The second-order valence-corrected chi connectivity index (χ2v) is 10.9. The van der Waals surface area contributed by atoms with Gasteiger partial charge in [0.2, 0.25) is 5.91 Å². The van der Waals surface area contributed by atoms with Crippen molar-refractivity contribution in [1.82, 2.24) is 5.32 Å². The normalized spacial score (nSPS) is 13.3. The van der Waals surface area contributed by atoms with E-state index in [9.17, 15) is 15.0 Å². The van der Waals surface area contributed by atoms with Crippen LogP contribution in [0.15, 0.2) is 12.2 Å². The molecular weight excluding hydrogens is 446 g/mol. The Labute approximate surface area is 225 Å². The molecule has 3 N–H and O–H groups in total. The molecule has 2 atom stereocenters. The van der Waals surface area contributed by atoms with E-state index in [2.05, 4.69) is 19.2 Å². The zero-order valence-electron chi connectivity index (χ0n) is 24.3. The fourth-order valence-electron chi connectivity index (χ4n) is 4.75. The number of amides is 1. The molecule has 0 aliphatic heterocycles. The van der Waals surface area contributed by atoms with Crippen LogP contribution in [0.25, 0.3) is 0 Å². The number of hydrogen-bond donors (Lipinski definition) is 3. The number of allylic oxidation sites excluding steroid dienone is 1. The Balaban J connectivity index is 3.41. The minimum absolute atomic E-state index is 0.0718. The van der Waals surface area contributed by atoms with Crippen molar-refractivity contribution in [3.8, 4) is 0 Å². The van der Waals surface area contributed by atoms with E-state index in [1.165, 1.54) is 116 Å². The molecule has 2 unspecified atom stereocenters. The van der Waals surface area contributed by atoms with Crippen molar-refractivity contribution in [2.45, 2.75) is 180 Å². The number of carbonyl (C=O) groups excluding carboxylic acids is 1. The minimum Gasteiger partial charge on any atom is -0.394 e. The van der Waals surface area contributed by atoms with Gasteiger partial charge in [0.1, 0.15) is 0 Å². The Bertz CT molecular complexity index is 480. The third-order valence-electron chi connectivity index (χ3n) is 7.27. The van der Waals surface area contributed by atoms with E-state index in [1.54, 1.807) is 6.08 Å². The van der Waals surface area contributed by atoms with Crippen molar-refractivity contribution in [3.05, 3.63) is 12.2 Å². The molecule has 0 aromatic heterocycles. The lowest BCUT2D eigenvalue weighted by Gasteiger charge is -2.19. The van der Waals surface area contributed by atoms with Gasteiger partial charge in [-0.05, 0) is 12.8 Å². The fraction of sp³-hybridized carbons (Fsp3) is 0.906. The fourth-order valence-corrected chi connectivity index (χ4v) is 4.75. The number of aliphatic hydroxyl groups is 2. The summed E-state index contributed by atoms with van der Waals surface area (Å²) < 4.78 is 0. The first-order chi connectivity index (χ1) is 17.7. The second kappa shape index (κ2) is 28.7. The Morgan fingerprint density at radius 1 is 0.639 bits per heavy atom. The third-order valence-corrected chi connectivity index (χ3v) is 7.27. The van der Waals surface area contributed by atoms with Gasteiger partial charge in [-0.2, -0.15) is 0 Å². The van der Waals surface area contributed by atoms with Gasteiger partial charge in [0.05, 0.1) is 18.8 Å². The van der Waals surface area contributed by atoms with Gasteiger partial charge >= 0.3 is 0 Å². The van der Waals surface area contributed by atoms with Gasteiger partial charge in [0.15, 0.2) is 0 Å². The van der Waals surface area contributed by atoms with E-state index in [1.807, 2.05) is 6.08 Å². The molecular formula is C32H63NO3. The number of hydrogen-bond acceptors (Lipinski definition) is 3. The zero-order chi connectivity index (χ0) is 26.5. The summed E-state index contributed by atoms with van der Waals surface area (Å²) in [5, 5.41) is 22.4. The molecule has 0 saturated carbocycles. The number of unbranched alkanes of at least 4 members (excludes halogenated alkanes) is 21. The molecule has 0 fully saturated rings. The highest BCUT2D eigenvalue weighted by atomic mass is 16.3. The Kier molecular flexibility index (Phi) is 28.0. The van der Waals surface area contributed by atoms with E-state index < -0.39 is 12.1 Å². The summed E-state index contributed by atoms with van der Waals surface area (Å²) >= 11 is 0. The van der Waals surface area contributed by atoms with Crippen molar-refractivity contribution in [1.29, 1.82) is 0 Å². The molecule has 0 aliphatic rings. The number of carbonyl (C=O) groups is 1. The number of aliphatic hydroxyl groups excluding tert-OH is 2. The van der Waals surface area contributed by atoms with Crippen LogP contribution >= 0.6 is 0 Å². The first kappa shape index (κ1) is 35.1. The van der Waals surface area contributed by atoms with Gasteiger partial charge in [0, 0.05) is 6.42 Å². The highest BCUT2D eigenvalue weighted by molar-refractivity contribution is 5.76. The maximum Gasteiger partial charge on any atom is 0.220 e. The average Bonchev–Trinajstić information content (AvgIpc) is 2.88. The Morgan fingerprint density at radius 2 is 1.03 bits per heavy atom. The van der Waals surface area contributed by atoms with Crippen LogP contribution in [0.3, 0.4) is 0 Å². The lowest BCUT2D eigenvalue weighted by atomic mass is 10.0. The summed E-state index contributed by atoms with van der Waals surface area (Å²) in [7, 11) is 0. The molecule has 0 rings (SSSR count). The van der Waals surface area contributed by atoms with Crippen LogP contribution in [0.4, 0.5) is 0 Å². The van der Waals surface area contributed by atoms with Crippen molar-refractivity contribution < 1.29 is 15.0 Å². The van der Waals surface area contributed by atoms with E-state index in [-0.39, 0.29) is 12.5 Å². The molecule has 4 heteroatoms. The summed E-state index contributed by atoms with van der Waals surface area (Å²) in [5.74, 6) is -0.0718. The van der Waals surface area contributed by atoms with Gasteiger partial charge in [-0.3, -0.25) is 4.79 Å². The summed E-state index contributed by atoms with van der Waals surface area (Å²) in [4.78, 5) is 12.1. The van der Waals surface area contributed by atoms with Gasteiger partial charge in [-0.1, -0.05) is 161 Å². The van der Waals surface area contributed by atoms with Gasteiger partial charge in [-0.25, -0.2) is 0 Å². The van der Waals surface area contributed by atoms with Gasteiger partial charge in [-0.15, -0.1) is 0 Å². The summed E-state index contributed by atoms with van der Waals surface area (Å²) in [6, 6.07) is -0.611. The van der Waals surface area contributed by atoms with Crippen LogP contribution in [0.2, 0.25) is 0 Å². The molecule has 0 saturated heterocycles. The monoisotopic (exact) mass is 509 g/mol. The van der Waals surface area contributed by atoms with Crippen LogP contribution in [0.5, 0.6) is 0 Å². The lowest BCUT2D eigenvalue weighted by Crippen LogP contribution is -2.45. The molecule has 0 heterocycles. The molecule has 4 nitrogen and oxygen atoms in total. The van der Waals surface area contributed by atoms with Crippen LogP contribution in [0.1, 0.15) is 168 Å². The first-order valence-corrected chi connectivity index (χ1v) is 15.9. The van der Waals surface area contributed by atoms with Crippen molar-refractivity contribution in [2.24, 2.45) is 0 Å². The maximum atomic E-state index is 12.1. The highest BCUT2D eigenvalue weighted by Gasteiger charge is 2.17. The molecule has 0 radical (unpaired) electrons. The molecule has 36 heavy (non-hydrogen) atoms. The smallest absolute Gasteiger partial charge is 0.220 e. The van der Waals surface area contributed by atoms with Crippen LogP contribution in [-0.4, -0.2) is 34.9 Å². The first-order valence-electron chi connectivity index (χ1n) is 15.9. The van der Waals surface area contributed by atoms with Gasteiger partial charge < -0.3 is 15.5 Å². The largest absolute Gasteiger partial charge is 0.394 e. The summed E-state index contributed by atoms with van der Waals surface area (Å²) in [6.45, 7) is 4.17. The predicted octanol–water partition coefficient (Wildman–Crippen LogP) is 8.78. The van der Waals surface area contributed by atoms with Crippen molar-refractivity contribution >= 4 is 5.91 Å². The summed E-state index contributed by atoms with van der Waals surface area (Å²) in [6.07, 6.45) is 33.3. The molecule has 0 aromatic carbocycles. The lowest BCUT2D eigenvalue weighted by molar-refractivity contribution is -0.123. The predicted molar refractivity (Wildman–Crippen MR) is 156 cm³/mol. The second-order valence-electron chi connectivity index (χ2n) is 10.9. The minimum atomic E-state index is -0.828. The summed E-state index contributed by atoms with van der Waals surface area (Å²) in [5.41, 5.74) is 0. The molecule has 0 bridgehead atoms. The van der Waals surface area contributed by atoms with Crippen molar-refractivity contribution in [3.63, 3.8) is 0 Å². The maximum absolute atomic E-state index is 12.1. The van der Waals surface area contributed by atoms with E-state index in [0.717, 1.165) is 32.1 Å². The highest BCUT2D eigenvalue weighted by Crippen LogP contribution is 2.15. The van der Waals surface area contributed by atoms with Gasteiger partial charge in [0.25, 0.3) is 0 Å². The third kappa shape index (κ3) is 24.8. The zero-order valence-corrected chi connectivity index (χ0v) is 24.3. The van der Waals surface area contributed by atoms with E-state index >= 15 is 0 Å². The molecule has 214 valence electrons. The SMILES string of the molecule is CCCC/C=C/C(O)C(CO)NC(=O)CCCCCCCCCCCCCCCCCCCCCC. The molecule has 1 amide bonds. The Hall–Kier alpha value is -0.870. The number of rotatable bonds is 28. The van der Waals surface area contributed by atoms with Crippen LogP contribution in [0, 0.1) is 0 Å². The molecule has 0 spiro atoms. The Morgan fingerprint density at radius 3 is 1.42 bits per heavy atom. The number of nitrogens with one attached hydrogen (secondary N) is 1. The van der Waals surface area contributed by atoms with E-state index in [4.69, 9.17) is 0 Å². The average molecular weight is 510 g/mol.